The van der Waals surface area contributed by atoms with Crippen LogP contribution in [0.3, 0.4) is 0 Å². The number of nitrogens with zero attached hydrogens (tertiary/aromatic N) is 2. The molecule has 2 rings (SSSR count). The molecule has 0 saturated heterocycles. The van der Waals surface area contributed by atoms with Gasteiger partial charge in [-0.15, -0.1) is 10.2 Å². The SMILES string of the molecule is CCc1nnc(NC(=O)c2cc(N)c[nH]2)s1. The van der Waals surface area contributed by atoms with Gasteiger partial charge in [0, 0.05) is 11.9 Å². The molecule has 0 aliphatic rings. The maximum Gasteiger partial charge on any atom is 0.273 e. The molecule has 0 saturated carbocycles. The lowest BCUT2D eigenvalue weighted by atomic mass is 10.4. The van der Waals surface area contributed by atoms with Gasteiger partial charge in [-0.3, -0.25) is 10.1 Å². The van der Waals surface area contributed by atoms with Crippen molar-refractivity contribution in [1.29, 1.82) is 0 Å². The highest BCUT2D eigenvalue weighted by atomic mass is 32.1. The van der Waals surface area contributed by atoms with Gasteiger partial charge in [-0.2, -0.15) is 0 Å². The molecule has 7 heteroatoms. The van der Waals surface area contributed by atoms with E-state index in [1.165, 1.54) is 11.3 Å². The Hall–Kier alpha value is -1.89. The van der Waals surface area contributed by atoms with E-state index in [-0.39, 0.29) is 5.91 Å². The van der Waals surface area contributed by atoms with Crippen molar-refractivity contribution in [2.45, 2.75) is 13.3 Å². The van der Waals surface area contributed by atoms with E-state index in [2.05, 4.69) is 20.5 Å². The smallest absolute Gasteiger partial charge is 0.273 e. The zero-order chi connectivity index (χ0) is 11.5. The summed E-state index contributed by atoms with van der Waals surface area (Å²) in [6.07, 6.45) is 2.37. The summed E-state index contributed by atoms with van der Waals surface area (Å²) in [4.78, 5) is 14.4. The number of anilines is 2. The van der Waals surface area contributed by atoms with Crippen molar-refractivity contribution >= 4 is 28.1 Å². The summed E-state index contributed by atoms with van der Waals surface area (Å²) >= 11 is 1.36. The molecule has 0 unspecified atom stereocenters. The molecule has 2 aromatic heterocycles. The van der Waals surface area contributed by atoms with Crippen molar-refractivity contribution in [2.24, 2.45) is 0 Å². The summed E-state index contributed by atoms with van der Waals surface area (Å²) in [5.41, 5.74) is 6.43. The van der Waals surface area contributed by atoms with Crippen molar-refractivity contribution in [1.82, 2.24) is 15.2 Å². The Morgan fingerprint density at radius 1 is 1.62 bits per heavy atom. The van der Waals surface area contributed by atoms with Crippen LogP contribution in [0.25, 0.3) is 0 Å². The van der Waals surface area contributed by atoms with Crippen molar-refractivity contribution in [3.63, 3.8) is 0 Å². The van der Waals surface area contributed by atoms with Crippen LogP contribution in [0.5, 0.6) is 0 Å². The van der Waals surface area contributed by atoms with Gasteiger partial charge < -0.3 is 10.7 Å². The Balaban J connectivity index is 2.07. The van der Waals surface area contributed by atoms with E-state index in [1.807, 2.05) is 6.92 Å². The molecule has 4 N–H and O–H groups in total. The average molecular weight is 237 g/mol. The van der Waals surface area contributed by atoms with Crippen LogP contribution < -0.4 is 11.1 Å². The quantitative estimate of drug-likeness (QED) is 0.748. The predicted octanol–water partition coefficient (Wildman–Crippen LogP) is 1.26. The van der Waals surface area contributed by atoms with Crippen LogP contribution in [0.15, 0.2) is 12.3 Å². The Morgan fingerprint density at radius 2 is 2.44 bits per heavy atom. The molecule has 16 heavy (non-hydrogen) atoms. The average Bonchev–Trinajstić information content (AvgIpc) is 2.87. The Morgan fingerprint density at radius 3 is 3.00 bits per heavy atom. The second kappa shape index (κ2) is 4.31. The van der Waals surface area contributed by atoms with Gasteiger partial charge in [-0.25, -0.2) is 0 Å². The van der Waals surface area contributed by atoms with E-state index in [9.17, 15) is 4.79 Å². The molecule has 6 nitrogen and oxygen atoms in total. The van der Waals surface area contributed by atoms with E-state index in [0.29, 0.717) is 16.5 Å². The monoisotopic (exact) mass is 237 g/mol. The normalized spacial score (nSPS) is 10.3. The van der Waals surface area contributed by atoms with Gasteiger partial charge in [-0.1, -0.05) is 18.3 Å². The minimum atomic E-state index is -0.268. The third kappa shape index (κ3) is 2.19. The minimum absolute atomic E-state index is 0.268. The molecule has 0 aliphatic heterocycles. The van der Waals surface area contributed by atoms with Crippen molar-refractivity contribution in [3.8, 4) is 0 Å². The lowest BCUT2D eigenvalue weighted by molar-refractivity contribution is 0.102. The van der Waals surface area contributed by atoms with Crippen LogP contribution in [0.4, 0.5) is 10.8 Å². The lowest BCUT2D eigenvalue weighted by Crippen LogP contribution is -2.11. The predicted molar refractivity (Wildman–Crippen MR) is 62.4 cm³/mol. The van der Waals surface area contributed by atoms with Gasteiger partial charge in [0.25, 0.3) is 5.91 Å². The number of aryl methyl sites for hydroxylation is 1. The molecule has 0 fully saturated rings. The van der Waals surface area contributed by atoms with Gasteiger partial charge >= 0.3 is 0 Å². The number of nitrogens with one attached hydrogen (secondary N) is 2. The van der Waals surface area contributed by atoms with Gasteiger partial charge in [0.15, 0.2) is 0 Å². The topological polar surface area (TPSA) is 96.7 Å². The molecule has 2 heterocycles. The molecular formula is C9H11N5OS. The zero-order valence-corrected chi connectivity index (χ0v) is 9.47. The molecule has 1 amide bonds. The Labute approximate surface area is 95.9 Å². The summed E-state index contributed by atoms with van der Waals surface area (Å²) in [6, 6.07) is 1.57. The molecule has 0 aliphatic carbocycles. The Kier molecular flexibility index (Phi) is 2.86. The highest BCUT2D eigenvalue weighted by Crippen LogP contribution is 2.16. The number of carbonyl (C=O) groups is 1. The number of nitrogens with two attached hydrogens (primary N) is 1. The van der Waals surface area contributed by atoms with E-state index in [4.69, 9.17) is 5.73 Å². The fourth-order valence-corrected chi connectivity index (χ4v) is 1.83. The standard InChI is InChI=1S/C9H11N5OS/c1-2-7-13-14-9(16-7)12-8(15)6-3-5(10)4-11-6/h3-4,11H,2,10H2,1H3,(H,12,14,15). The van der Waals surface area contributed by atoms with Crippen LogP contribution >= 0.6 is 11.3 Å². The van der Waals surface area contributed by atoms with Crippen LogP contribution in [0.1, 0.15) is 22.4 Å². The van der Waals surface area contributed by atoms with E-state index < -0.39 is 0 Å². The number of hydrogen-bond donors (Lipinski definition) is 3. The molecule has 0 bridgehead atoms. The van der Waals surface area contributed by atoms with Gasteiger partial charge in [-0.05, 0) is 12.5 Å². The fourth-order valence-electron chi connectivity index (χ4n) is 1.15. The van der Waals surface area contributed by atoms with Crippen LogP contribution in [0, 0.1) is 0 Å². The number of rotatable bonds is 3. The van der Waals surface area contributed by atoms with E-state index >= 15 is 0 Å². The molecular weight excluding hydrogens is 226 g/mol. The molecule has 0 aromatic carbocycles. The first-order valence-electron chi connectivity index (χ1n) is 4.76. The molecule has 0 atom stereocenters. The molecule has 2 aromatic rings. The van der Waals surface area contributed by atoms with Crippen molar-refractivity contribution in [2.75, 3.05) is 11.1 Å². The number of amides is 1. The number of nitrogen functional groups attached to an aromatic ring is 1. The summed E-state index contributed by atoms with van der Waals surface area (Å²) < 4.78 is 0. The second-order valence-corrected chi connectivity index (χ2v) is 4.22. The first kappa shape index (κ1) is 10.6. The molecule has 0 radical (unpaired) electrons. The van der Waals surface area contributed by atoms with Crippen LogP contribution in [0.2, 0.25) is 0 Å². The van der Waals surface area contributed by atoms with Crippen LogP contribution in [-0.4, -0.2) is 21.1 Å². The van der Waals surface area contributed by atoms with E-state index in [0.717, 1.165) is 11.4 Å². The molecule has 84 valence electrons. The second-order valence-electron chi connectivity index (χ2n) is 3.16. The summed E-state index contributed by atoms with van der Waals surface area (Å²) in [6.45, 7) is 1.98. The largest absolute Gasteiger partial charge is 0.397 e. The van der Waals surface area contributed by atoms with Gasteiger partial charge in [0.1, 0.15) is 10.7 Å². The number of carbonyl (C=O) groups excluding carboxylic acids is 1. The van der Waals surface area contributed by atoms with Gasteiger partial charge in [0.2, 0.25) is 5.13 Å². The maximum atomic E-state index is 11.7. The fraction of sp³-hybridized carbons (Fsp3) is 0.222. The number of aromatic nitrogens is 3. The zero-order valence-electron chi connectivity index (χ0n) is 8.65. The summed E-state index contributed by atoms with van der Waals surface area (Å²) in [5.74, 6) is -0.268. The number of H-pyrrole nitrogens is 1. The Bertz CT molecular complexity index is 503. The van der Waals surface area contributed by atoms with Gasteiger partial charge in [0.05, 0.1) is 0 Å². The summed E-state index contributed by atoms with van der Waals surface area (Å²) in [7, 11) is 0. The minimum Gasteiger partial charge on any atom is -0.397 e. The highest BCUT2D eigenvalue weighted by Gasteiger charge is 2.10. The van der Waals surface area contributed by atoms with E-state index in [1.54, 1.807) is 12.3 Å². The van der Waals surface area contributed by atoms with Crippen molar-refractivity contribution in [3.05, 3.63) is 23.0 Å². The first-order chi connectivity index (χ1) is 7.69. The third-order valence-corrected chi connectivity index (χ3v) is 2.92. The number of hydrogen-bond acceptors (Lipinski definition) is 5. The maximum absolute atomic E-state index is 11.7. The third-order valence-electron chi connectivity index (χ3n) is 1.94. The lowest BCUT2D eigenvalue weighted by Gasteiger charge is -1.96. The van der Waals surface area contributed by atoms with Crippen molar-refractivity contribution < 1.29 is 4.79 Å². The highest BCUT2D eigenvalue weighted by molar-refractivity contribution is 7.15. The summed E-state index contributed by atoms with van der Waals surface area (Å²) in [5, 5.41) is 11.8. The number of aromatic amines is 1. The molecule has 0 spiro atoms. The first-order valence-corrected chi connectivity index (χ1v) is 5.58. The van der Waals surface area contributed by atoms with Crippen LogP contribution in [-0.2, 0) is 6.42 Å².